The third-order valence-electron chi connectivity index (χ3n) is 6.96. The Labute approximate surface area is 349 Å². The van der Waals surface area contributed by atoms with Crippen LogP contribution in [0.3, 0.4) is 0 Å². The molecule has 0 bridgehead atoms. The van der Waals surface area contributed by atoms with Crippen molar-refractivity contribution in [2.24, 2.45) is 0 Å². The van der Waals surface area contributed by atoms with Gasteiger partial charge in [-0.3, -0.25) is 0 Å². The second kappa shape index (κ2) is 25.1. The quantitative estimate of drug-likeness (QED) is 0.0990. The standard InChI is InChI=1S/3C12H10ClO3.C4H9.CH4.Mg/c3*1-14-10-6-8(9-4-3-5-16-9)7-11(15-2)12(10)13;1-3-4-2;;/h3*3-4,6-7H,1-2H3;1,3-4H2,2H3;1H4;/q4*-1;;+2. The van der Waals surface area contributed by atoms with Gasteiger partial charge in [0.15, 0.2) is 0 Å². The van der Waals surface area contributed by atoms with Crippen LogP contribution in [0.4, 0.5) is 0 Å². The van der Waals surface area contributed by atoms with E-state index < -0.39 is 0 Å². The van der Waals surface area contributed by atoms with Gasteiger partial charge >= 0.3 is 23.1 Å². The Bertz CT molecular complexity index is 1620. The van der Waals surface area contributed by atoms with E-state index in [1.165, 1.54) is 6.42 Å². The number of rotatable bonds is 10. The Morgan fingerprint density at radius 1 is 0.500 bits per heavy atom. The first-order valence-electron chi connectivity index (χ1n) is 15.6. The molecule has 0 saturated heterocycles. The first kappa shape index (κ1) is 48.0. The van der Waals surface area contributed by atoms with Crippen LogP contribution in [-0.4, -0.2) is 65.7 Å². The third kappa shape index (κ3) is 13.1. The summed E-state index contributed by atoms with van der Waals surface area (Å²) >= 11 is 18.2. The van der Waals surface area contributed by atoms with E-state index in [4.69, 9.17) is 76.5 Å². The van der Waals surface area contributed by atoms with E-state index in [9.17, 15) is 0 Å². The molecule has 0 N–H and O–H groups in total. The zero-order valence-electron chi connectivity index (χ0n) is 30.6. The van der Waals surface area contributed by atoms with Crippen molar-refractivity contribution < 1.29 is 41.7 Å². The fraction of sp³-hybridized carbons (Fsp3) is 0.244. The van der Waals surface area contributed by atoms with Crippen LogP contribution in [0.5, 0.6) is 34.5 Å². The average Bonchev–Trinajstić information content (AvgIpc) is 4.01. The molecule has 3 heterocycles. The van der Waals surface area contributed by atoms with Gasteiger partial charge < -0.3 is 48.6 Å². The van der Waals surface area contributed by atoms with Gasteiger partial charge in [0.05, 0.1) is 42.7 Å². The van der Waals surface area contributed by atoms with Crippen LogP contribution < -0.4 is 28.4 Å². The van der Waals surface area contributed by atoms with E-state index in [0.717, 1.165) is 23.1 Å². The van der Waals surface area contributed by atoms with Crippen LogP contribution in [0, 0.1) is 25.7 Å². The van der Waals surface area contributed by atoms with Gasteiger partial charge in [-0.1, -0.05) is 55.6 Å². The minimum atomic E-state index is 0. The van der Waals surface area contributed by atoms with Crippen molar-refractivity contribution in [3.63, 3.8) is 0 Å². The summed E-state index contributed by atoms with van der Waals surface area (Å²) in [5.41, 5.74) is 2.50. The molecule has 0 aliphatic carbocycles. The molecule has 0 atom stereocenters. The zero-order valence-corrected chi connectivity index (χ0v) is 34.2. The predicted octanol–water partition coefficient (Wildman–Crippen LogP) is 12.1. The SMILES string of the molecule is C.COc1cc(-c2cc[c-]o2)cc(OC)c1Cl.COc1cc(-c2cc[c-]o2)cc(OC)c1Cl.COc1cc(-c2cc[c-]o2)cc(OC)c1Cl.[CH2-]CCC.[Mg+2]. The Hall–Kier alpha value is -4.06. The molecule has 0 amide bonds. The van der Waals surface area contributed by atoms with Crippen LogP contribution in [0.2, 0.25) is 15.1 Å². The van der Waals surface area contributed by atoms with Gasteiger partial charge in [-0.2, -0.15) is 24.6 Å². The van der Waals surface area contributed by atoms with Gasteiger partial charge in [-0.05, 0) is 89.2 Å². The fourth-order valence-corrected chi connectivity index (χ4v) is 5.01. The van der Waals surface area contributed by atoms with Crippen LogP contribution in [0.15, 0.2) is 86.0 Å². The minimum absolute atomic E-state index is 0. The van der Waals surface area contributed by atoms with Gasteiger partial charge in [-0.15, -0.1) is 18.2 Å². The first-order valence-corrected chi connectivity index (χ1v) is 16.8. The number of methoxy groups -OCH3 is 6. The first-order chi connectivity index (χ1) is 25.2. The number of hydrogen-bond donors (Lipinski definition) is 0. The van der Waals surface area contributed by atoms with Crippen molar-refractivity contribution in [2.45, 2.75) is 27.2 Å². The molecule has 6 rings (SSSR count). The van der Waals surface area contributed by atoms with Crippen LogP contribution in [0.25, 0.3) is 34.0 Å². The molecule has 54 heavy (non-hydrogen) atoms. The monoisotopic (exact) mass is 808 g/mol. The number of halogens is 3. The number of ether oxygens (including phenoxy) is 6. The molecule has 0 fully saturated rings. The second-order valence-corrected chi connectivity index (χ2v) is 11.3. The topological polar surface area (TPSA) is 94.8 Å². The Kier molecular flexibility index (Phi) is 22.3. The summed E-state index contributed by atoms with van der Waals surface area (Å²) in [5, 5.41) is 1.35. The number of unbranched alkanes of at least 4 members (excludes halogenated alkanes) is 1. The van der Waals surface area contributed by atoms with Crippen LogP contribution in [0.1, 0.15) is 27.2 Å². The summed E-state index contributed by atoms with van der Waals surface area (Å²) in [4.78, 5) is 0. The van der Waals surface area contributed by atoms with Crippen molar-refractivity contribution >= 4 is 57.9 Å². The van der Waals surface area contributed by atoms with E-state index in [1.807, 2.05) is 18.2 Å². The molecule has 0 saturated carbocycles. The molecule has 3 aromatic carbocycles. The molecular weight excluding hydrogens is 767 g/mol. The van der Waals surface area contributed by atoms with E-state index in [0.29, 0.717) is 66.8 Å². The summed E-state index contributed by atoms with van der Waals surface area (Å²) in [5.74, 6) is 5.36. The molecule has 6 aromatic rings. The maximum absolute atomic E-state index is 6.05. The van der Waals surface area contributed by atoms with Crippen molar-refractivity contribution in [3.05, 3.63) is 114 Å². The van der Waals surface area contributed by atoms with E-state index in [2.05, 4.69) is 32.6 Å². The number of furan rings is 3. The predicted molar refractivity (Wildman–Crippen MR) is 216 cm³/mol. The normalized spacial score (nSPS) is 9.61. The van der Waals surface area contributed by atoms with Crippen molar-refractivity contribution in [2.75, 3.05) is 42.7 Å². The zero-order chi connectivity index (χ0) is 38.0. The maximum atomic E-state index is 6.05. The number of hydrogen-bond acceptors (Lipinski definition) is 9. The summed E-state index contributed by atoms with van der Waals surface area (Å²) in [7, 11) is 9.33. The van der Waals surface area contributed by atoms with Crippen LogP contribution >= 0.6 is 34.8 Å². The third-order valence-corrected chi connectivity index (χ3v) is 8.08. The molecule has 3 aromatic heterocycles. The summed E-state index contributed by atoms with van der Waals surface area (Å²) in [6.45, 7) is 5.72. The Balaban J connectivity index is 0.000000379. The molecule has 9 nitrogen and oxygen atoms in total. The van der Waals surface area contributed by atoms with E-state index >= 15 is 0 Å². The van der Waals surface area contributed by atoms with Gasteiger partial charge in [0.25, 0.3) is 0 Å². The molecular formula is C41H43Cl3MgO9-2. The smallest absolute Gasteiger partial charge is 0.591 e. The minimum Gasteiger partial charge on any atom is -0.591 e. The summed E-state index contributed by atoms with van der Waals surface area (Å²) < 4.78 is 46.5. The molecule has 0 spiro atoms. The molecule has 0 aliphatic rings. The summed E-state index contributed by atoms with van der Waals surface area (Å²) in [6.07, 6.45) is 10.2. The molecule has 0 aliphatic heterocycles. The van der Waals surface area contributed by atoms with Crippen LogP contribution in [-0.2, 0) is 0 Å². The maximum Gasteiger partial charge on any atom is 2.00 e. The van der Waals surface area contributed by atoms with Gasteiger partial charge in [0.2, 0.25) is 0 Å². The van der Waals surface area contributed by atoms with Crippen molar-refractivity contribution in [1.29, 1.82) is 0 Å². The van der Waals surface area contributed by atoms with Crippen molar-refractivity contribution in [1.82, 2.24) is 0 Å². The Morgan fingerprint density at radius 3 is 0.833 bits per heavy atom. The van der Waals surface area contributed by atoms with E-state index in [1.54, 1.807) is 97.3 Å². The molecule has 13 heteroatoms. The number of benzene rings is 3. The molecule has 0 unspecified atom stereocenters. The van der Waals surface area contributed by atoms with E-state index in [-0.39, 0.29) is 30.5 Å². The van der Waals surface area contributed by atoms with Gasteiger partial charge in [0, 0.05) is 0 Å². The van der Waals surface area contributed by atoms with Gasteiger partial charge in [-0.25, -0.2) is 0 Å². The molecule has 286 valence electrons. The fourth-order valence-electron chi connectivity index (χ4n) is 4.22. The second-order valence-electron chi connectivity index (χ2n) is 10.2. The summed E-state index contributed by atoms with van der Waals surface area (Å²) in [6, 6.07) is 21.3. The Morgan fingerprint density at radius 2 is 0.704 bits per heavy atom. The van der Waals surface area contributed by atoms with Crippen molar-refractivity contribution in [3.8, 4) is 68.5 Å². The average molecular weight is 810 g/mol. The largest absolute Gasteiger partial charge is 2.00 e. The van der Waals surface area contributed by atoms with Gasteiger partial charge in [0.1, 0.15) is 49.6 Å². The molecule has 0 radical (unpaired) electrons.